The highest BCUT2D eigenvalue weighted by Gasteiger charge is 2.14. The lowest BCUT2D eigenvalue weighted by atomic mass is 10.0. The lowest BCUT2D eigenvalue weighted by Crippen LogP contribution is -2.16. The van der Waals surface area contributed by atoms with Gasteiger partial charge in [0.2, 0.25) is 0 Å². The summed E-state index contributed by atoms with van der Waals surface area (Å²) in [5.41, 5.74) is 8.60. The van der Waals surface area contributed by atoms with Gasteiger partial charge in [0.05, 0.1) is 11.7 Å². The van der Waals surface area contributed by atoms with E-state index in [1.54, 1.807) is 0 Å². The lowest BCUT2D eigenvalue weighted by Gasteiger charge is -2.14. The van der Waals surface area contributed by atoms with Crippen molar-refractivity contribution in [3.63, 3.8) is 0 Å². The standard InChI is InChI=1S/C16H21BrIN3/c1-3-13(4-2)21-8-7-12(20-21)10-16(19)14-9-11(17)5-6-15(14)18/h5-9,13,16H,3-4,10,19H2,1-2H3. The Morgan fingerprint density at radius 2 is 2.00 bits per heavy atom. The zero-order valence-electron chi connectivity index (χ0n) is 12.4. The van der Waals surface area contributed by atoms with E-state index < -0.39 is 0 Å². The van der Waals surface area contributed by atoms with Crippen LogP contribution in [0.15, 0.2) is 34.9 Å². The number of hydrogen-bond acceptors (Lipinski definition) is 2. The van der Waals surface area contributed by atoms with Crippen LogP contribution >= 0.6 is 38.5 Å². The van der Waals surface area contributed by atoms with Crippen LogP contribution in [0.2, 0.25) is 0 Å². The smallest absolute Gasteiger partial charge is 0.0643 e. The van der Waals surface area contributed by atoms with Crippen molar-refractivity contribution >= 4 is 38.5 Å². The van der Waals surface area contributed by atoms with Crippen LogP contribution in [-0.4, -0.2) is 9.78 Å². The number of benzene rings is 1. The molecule has 1 unspecified atom stereocenters. The molecule has 0 amide bonds. The first-order valence-electron chi connectivity index (χ1n) is 7.29. The maximum absolute atomic E-state index is 6.37. The van der Waals surface area contributed by atoms with Crippen molar-refractivity contribution in [3.8, 4) is 0 Å². The van der Waals surface area contributed by atoms with Gasteiger partial charge in [-0.05, 0) is 65.3 Å². The summed E-state index contributed by atoms with van der Waals surface area (Å²) in [5.74, 6) is 0. The minimum absolute atomic E-state index is 0.0283. The number of aromatic nitrogens is 2. The fourth-order valence-electron chi connectivity index (χ4n) is 2.49. The molecule has 1 heterocycles. The number of rotatable bonds is 6. The molecule has 3 nitrogen and oxygen atoms in total. The first kappa shape index (κ1) is 17.0. The summed E-state index contributed by atoms with van der Waals surface area (Å²) in [4.78, 5) is 0. The maximum Gasteiger partial charge on any atom is 0.0643 e. The van der Waals surface area contributed by atoms with Crippen LogP contribution in [0.3, 0.4) is 0 Å². The molecule has 1 atom stereocenters. The Labute approximate surface area is 148 Å². The van der Waals surface area contributed by atoms with Crippen LogP contribution in [0.1, 0.15) is 50.0 Å². The van der Waals surface area contributed by atoms with Gasteiger partial charge in [0.25, 0.3) is 0 Å². The van der Waals surface area contributed by atoms with Crippen LogP contribution in [0.25, 0.3) is 0 Å². The SMILES string of the molecule is CCC(CC)n1ccc(CC(N)c2cc(Br)ccc2I)n1. The third-order valence-corrected chi connectivity index (χ3v) is 5.24. The molecule has 0 spiro atoms. The van der Waals surface area contributed by atoms with Gasteiger partial charge in [-0.3, -0.25) is 4.68 Å². The Hall–Kier alpha value is -0.400. The van der Waals surface area contributed by atoms with E-state index in [0.29, 0.717) is 6.04 Å². The summed E-state index contributed by atoms with van der Waals surface area (Å²) in [6.07, 6.45) is 5.05. The summed E-state index contributed by atoms with van der Waals surface area (Å²) in [6.45, 7) is 4.40. The summed E-state index contributed by atoms with van der Waals surface area (Å²) >= 11 is 5.85. The number of halogens is 2. The first-order chi connectivity index (χ1) is 10.0. The molecule has 0 radical (unpaired) electrons. The molecule has 114 valence electrons. The Kier molecular flexibility index (Phi) is 6.25. The lowest BCUT2D eigenvalue weighted by molar-refractivity contribution is 0.424. The van der Waals surface area contributed by atoms with E-state index in [2.05, 4.69) is 81.4 Å². The molecule has 5 heteroatoms. The Bertz CT molecular complexity index is 593. The van der Waals surface area contributed by atoms with Crippen LogP contribution < -0.4 is 5.73 Å². The van der Waals surface area contributed by atoms with Crippen molar-refractivity contribution in [1.29, 1.82) is 0 Å². The average molecular weight is 462 g/mol. The summed E-state index contributed by atoms with van der Waals surface area (Å²) < 4.78 is 4.34. The molecule has 2 aromatic rings. The first-order valence-corrected chi connectivity index (χ1v) is 9.16. The van der Waals surface area contributed by atoms with E-state index in [-0.39, 0.29) is 6.04 Å². The van der Waals surface area contributed by atoms with Crippen molar-refractivity contribution in [2.45, 2.75) is 45.2 Å². The predicted octanol–water partition coefficient (Wildman–Crippen LogP) is 4.85. The van der Waals surface area contributed by atoms with Gasteiger partial charge in [0.1, 0.15) is 0 Å². The monoisotopic (exact) mass is 461 g/mol. The summed E-state index contributed by atoms with van der Waals surface area (Å²) in [7, 11) is 0. The Morgan fingerprint density at radius 3 is 2.67 bits per heavy atom. The van der Waals surface area contributed by atoms with E-state index in [1.807, 2.05) is 6.07 Å². The minimum atomic E-state index is -0.0283. The van der Waals surface area contributed by atoms with Crippen molar-refractivity contribution < 1.29 is 0 Å². The van der Waals surface area contributed by atoms with E-state index in [4.69, 9.17) is 10.8 Å². The van der Waals surface area contributed by atoms with Crippen molar-refractivity contribution in [2.24, 2.45) is 5.73 Å². The predicted molar refractivity (Wildman–Crippen MR) is 99.3 cm³/mol. The molecule has 1 aromatic carbocycles. The maximum atomic E-state index is 6.37. The molecular weight excluding hydrogens is 441 g/mol. The minimum Gasteiger partial charge on any atom is -0.324 e. The molecular formula is C16H21BrIN3. The van der Waals surface area contributed by atoms with Crippen LogP contribution in [0.5, 0.6) is 0 Å². The van der Waals surface area contributed by atoms with Gasteiger partial charge in [-0.15, -0.1) is 0 Å². The molecule has 0 fully saturated rings. The zero-order valence-corrected chi connectivity index (χ0v) is 16.1. The quantitative estimate of drug-likeness (QED) is 0.624. The third-order valence-electron chi connectivity index (χ3n) is 3.77. The molecule has 21 heavy (non-hydrogen) atoms. The third kappa shape index (κ3) is 4.29. The highest BCUT2D eigenvalue weighted by Crippen LogP contribution is 2.25. The van der Waals surface area contributed by atoms with Crippen LogP contribution in [0.4, 0.5) is 0 Å². The molecule has 0 aliphatic rings. The number of nitrogens with two attached hydrogens (primary N) is 1. The molecule has 0 saturated heterocycles. The summed E-state index contributed by atoms with van der Waals surface area (Å²) in [6, 6.07) is 8.77. The number of nitrogens with zero attached hydrogens (tertiary/aromatic N) is 2. The molecule has 0 bridgehead atoms. The molecule has 1 aromatic heterocycles. The van der Waals surface area contributed by atoms with Crippen LogP contribution in [-0.2, 0) is 6.42 Å². The van der Waals surface area contributed by atoms with Gasteiger partial charge in [0, 0.05) is 26.7 Å². The zero-order chi connectivity index (χ0) is 15.4. The van der Waals surface area contributed by atoms with Gasteiger partial charge in [-0.1, -0.05) is 29.8 Å². The average Bonchev–Trinajstić information content (AvgIpc) is 2.91. The van der Waals surface area contributed by atoms with Crippen LogP contribution in [0, 0.1) is 3.57 Å². The fourth-order valence-corrected chi connectivity index (χ4v) is 3.60. The molecule has 0 aliphatic heterocycles. The van der Waals surface area contributed by atoms with E-state index in [1.165, 1.54) is 9.13 Å². The molecule has 2 N–H and O–H groups in total. The molecule has 0 saturated carbocycles. The van der Waals surface area contributed by atoms with Gasteiger partial charge in [-0.2, -0.15) is 5.10 Å². The van der Waals surface area contributed by atoms with E-state index in [0.717, 1.165) is 29.4 Å². The second-order valence-corrected chi connectivity index (χ2v) is 7.31. The largest absolute Gasteiger partial charge is 0.324 e. The van der Waals surface area contributed by atoms with E-state index in [9.17, 15) is 0 Å². The highest BCUT2D eigenvalue weighted by molar-refractivity contribution is 14.1. The van der Waals surface area contributed by atoms with Crippen molar-refractivity contribution in [3.05, 3.63) is 49.8 Å². The Balaban J connectivity index is 2.12. The van der Waals surface area contributed by atoms with Gasteiger partial charge in [0.15, 0.2) is 0 Å². The second-order valence-electron chi connectivity index (χ2n) is 5.23. The highest BCUT2D eigenvalue weighted by atomic mass is 127. The van der Waals surface area contributed by atoms with Gasteiger partial charge in [-0.25, -0.2) is 0 Å². The fraction of sp³-hybridized carbons (Fsp3) is 0.438. The van der Waals surface area contributed by atoms with E-state index >= 15 is 0 Å². The summed E-state index contributed by atoms with van der Waals surface area (Å²) in [5, 5.41) is 4.69. The normalized spacial score (nSPS) is 12.9. The molecule has 2 rings (SSSR count). The topological polar surface area (TPSA) is 43.8 Å². The van der Waals surface area contributed by atoms with Gasteiger partial charge >= 0.3 is 0 Å². The van der Waals surface area contributed by atoms with Crippen molar-refractivity contribution in [2.75, 3.05) is 0 Å². The second kappa shape index (κ2) is 7.74. The Morgan fingerprint density at radius 1 is 1.29 bits per heavy atom. The van der Waals surface area contributed by atoms with Gasteiger partial charge < -0.3 is 5.73 Å². The number of hydrogen-bond donors (Lipinski definition) is 1. The molecule has 0 aliphatic carbocycles. The van der Waals surface area contributed by atoms with Crippen molar-refractivity contribution in [1.82, 2.24) is 9.78 Å².